The van der Waals surface area contributed by atoms with Gasteiger partial charge in [-0.3, -0.25) is 0 Å². The van der Waals surface area contributed by atoms with Crippen LogP contribution in [-0.2, 0) is 9.53 Å². The molecule has 0 amide bonds. The summed E-state index contributed by atoms with van der Waals surface area (Å²) in [4.78, 5) is 16.7. The summed E-state index contributed by atoms with van der Waals surface area (Å²) in [6.45, 7) is 0. The van der Waals surface area contributed by atoms with E-state index in [9.17, 15) is 4.79 Å². The Morgan fingerprint density at radius 2 is 1.74 bits per heavy atom. The van der Waals surface area contributed by atoms with Crippen molar-refractivity contribution >= 4 is 28.7 Å². The number of benzene rings is 3. The predicted octanol–water partition coefficient (Wildman–Crippen LogP) is 4.20. The minimum Gasteiger partial charge on any atom is -0.497 e. The van der Waals surface area contributed by atoms with Gasteiger partial charge >= 0.3 is 5.97 Å². The fourth-order valence-electron chi connectivity index (χ4n) is 2.95. The van der Waals surface area contributed by atoms with Crippen molar-refractivity contribution in [1.82, 2.24) is 0 Å². The number of aliphatic imine (C=N–C) groups is 1. The Bertz CT molecular complexity index is 1100. The molecule has 0 spiro atoms. The van der Waals surface area contributed by atoms with Crippen LogP contribution in [-0.4, -0.2) is 26.1 Å². The molecule has 0 bridgehead atoms. The van der Waals surface area contributed by atoms with E-state index in [-0.39, 0.29) is 5.70 Å². The summed E-state index contributed by atoms with van der Waals surface area (Å²) in [6.07, 6.45) is 1.64. The normalized spacial score (nSPS) is 15.0. The van der Waals surface area contributed by atoms with Crippen LogP contribution in [0.25, 0.3) is 16.8 Å². The standard InChI is InChI=1S/C22H17NO4/c1-25-18-9-10-20(26-2)17(12-18)13-19-22(24)27-21(23-19)16-8-7-14-5-3-4-6-15(14)11-16/h3-13H,1-2H3. The SMILES string of the molecule is COc1ccc(OC)c(C=C2N=C(c3ccc4ccccc4c3)OC2=O)c1. The second kappa shape index (κ2) is 6.96. The fraction of sp³-hybridized carbons (Fsp3) is 0.0909. The van der Waals surface area contributed by atoms with E-state index >= 15 is 0 Å². The quantitative estimate of drug-likeness (QED) is 0.517. The van der Waals surface area contributed by atoms with Crippen molar-refractivity contribution in [2.75, 3.05) is 14.2 Å². The Morgan fingerprint density at radius 3 is 2.52 bits per heavy atom. The lowest BCUT2D eigenvalue weighted by atomic mass is 10.1. The minimum atomic E-state index is -0.497. The predicted molar refractivity (Wildman–Crippen MR) is 104 cm³/mol. The lowest BCUT2D eigenvalue weighted by Crippen LogP contribution is -2.05. The van der Waals surface area contributed by atoms with E-state index in [1.807, 2.05) is 42.5 Å². The molecule has 4 rings (SSSR count). The molecular weight excluding hydrogens is 342 g/mol. The molecule has 0 fully saturated rings. The molecule has 134 valence electrons. The van der Waals surface area contributed by atoms with Crippen LogP contribution in [0.2, 0.25) is 0 Å². The third-order valence-corrected chi connectivity index (χ3v) is 4.35. The van der Waals surface area contributed by atoms with Crippen LogP contribution in [0.3, 0.4) is 0 Å². The number of rotatable bonds is 4. The van der Waals surface area contributed by atoms with Gasteiger partial charge in [0.25, 0.3) is 0 Å². The van der Waals surface area contributed by atoms with Crippen molar-refractivity contribution in [2.24, 2.45) is 4.99 Å². The average Bonchev–Trinajstić information content (AvgIpc) is 3.08. The van der Waals surface area contributed by atoms with Gasteiger partial charge in [0.05, 0.1) is 14.2 Å². The monoisotopic (exact) mass is 359 g/mol. The third kappa shape index (κ3) is 3.27. The van der Waals surface area contributed by atoms with E-state index < -0.39 is 5.97 Å². The number of nitrogens with zero attached hydrogens (tertiary/aromatic N) is 1. The Labute approximate surface area is 156 Å². The Balaban J connectivity index is 1.73. The molecule has 0 aromatic heterocycles. The summed E-state index contributed by atoms with van der Waals surface area (Å²) < 4.78 is 16.0. The van der Waals surface area contributed by atoms with Gasteiger partial charge in [-0.1, -0.05) is 30.3 Å². The van der Waals surface area contributed by atoms with Crippen molar-refractivity contribution < 1.29 is 19.0 Å². The van der Waals surface area contributed by atoms with Gasteiger partial charge in [0.2, 0.25) is 5.90 Å². The van der Waals surface area contributed by atoms with Gasteiger partial charge in [-0.15, -0.1) is 0 Å². The van der Waals surface area contributed by atoms with Crippen LogP contribution in [0.15, 0.2) is 71.4 Å². The van der Waals surface area contributed by atoms with Gasteiger partial charge in [0, 0.05) is 11.1 Å². The van der Waals surface area contributed by atoms with Crippen LogP contribution in [0.5, 0.6) is 11.5 Å². The number of esters is 1. The second-order valence-corrected chi connectivity index (χ2v) is 6.01. The van der Waals surface area contributed by atoms with Crippen LogP contribution in [0.4, 0.5) is 0 Å². The number of hydrogen-bond acceptors (Lipinski definition) is 5. The molecule has 0 saturated heterocycles. The number of ether oxygens (including phenoxy) is 3. The third-order valence-electron chi connectivity index (χ3n) is 4.35. The molecule has 0 N–H and O–H groups in total. The number of hydrogen-bond donors (Lipinski definition) is 0. The van der Waals surface area contributed by atoms with E-state index in [1.54, 1.807) is 38.5 Å². The van der Waals surface area contributed by atoms with Crippen molar-refractivity contribution in [1.29, 1.82) is 0 Å². The maximum Gasteiger partial charge on any atom is 0.363 e. The van der Waals surface area contributed by atoms with Gasteiger partial charge in [-0.05, 0) is 47.2 Å². The highest BCUT2D eigenvalue weighted by atomic mass is 16.6. The summed E-state index contributed by atoms with van der Waals surface area (Å²) in [5, 5.41) is 2.17. The first-order chi connectivity index (χ1) is 13.2. The molecule has 3 aromatic carbocycles. The van der Waals surface area contributed by atoms with E-state index in [4.69, 9.17) is 14.2 Å². The van der Waals surface area contributed by atoms with Crippen molar-refractivity contribution in [3.05, 3.63) is 77.5 Å². The average molecular weight is 359 g/mol. The van der Waals surface area contributed by atoms with Crippen LogP contribution >= 0.6 is 0 Å². The highest BCUT2D eigenvalue weighted by molar-refractivity contribution is 6.13. The zero-order valence-electron chi connectivity index (χ0n) is 14.9. The van der Waals surface area contributed by atoms with Gasteiger partial charge in [-0.25, -0.2) is 9.79 Å². The molecule has 5 nitrogen and oxygen atoms in total. The van der Waals surface area contributed by atoms with E-state index in [1.165, 1.54) is 0 Å². The zero-order chi connectivity index (χ0) is 18.8. The van der Waals surface area contributed by atoms with Crippen LogP contribution < -0.4 is 9.47 Å². The molecule has 1 aliphatic heterocycles. The second-order valence-electron chi connectivity index (χ2n) is 6.01. The molecule has 0 atom stereocenters. The Kier molecular flexibility index (Phi) is 4.34. The number of fused-ring (bicyclic) bond motifs is 1. The van der Waals surface area contributed by atoms with E-state index in [0.29, 0.717) is 23.0 Å². The van der Waals surface area contributed by atoms with Crippen molar-refractivity contribution in [3.8, 4) is 11.5 Å². The van der Waals surface area contributed by atoms with Crippen molar-refractivity contribution in [2.45, 2.75) is 0 Å². The lowest BCUT2D eigenvalue weighted by Gasteiger charge is -2.07. The minimum absolute atomic E-state index is 0.213. The first-order valence-electron chi connectivity index (χ1n) is 8.42. The molecule has 1 heterocycles. The number of cyclic esters (lactones) is 1. The van der Waals surface area contributed by atoms with Gasteiger partial charge < -0.3 is 14.2 Å². The zero-order valence-corrected chi connectivity index (χ0v) is 14.9. The molecule has 0 saturated carbocycles. The van der Waals surface area contributed by atoms with E-state index in [2.05, 4.69) is 4.99 Å². The van der Waals surface area contributed by atoms with Crippen LogP contribution in [0, 0.1) is 0 Å². The highest BCUT2D eigenvalue weighted by Gasteiger charge is 2.24. The number of carbonyl (C=O) groups is 1. The summed E-state index contributed by atoms with van der Waals surface area (Å²) in [5.74, 6) is 1.07. The van der Waals surface area contributed by atoms with Crippen molar-refractivity contribution in [3.63, 3.8) is 0 Å². The number of methoxy groups -OCH3 is 2. The maximum absolute atomic E-state index is 12.3. The van der Waals surface area contributed by atoms with Gasteiger partial charge in [-0.2, -0.15) is 0 Å². The Morgan fingerprint density at radius 1 is 0.926 bits per heavy atom. The molecule has 1 aliphatic rings. The molecule has 3 aromatic rings. The molecule has 27 heavy (non-hydrogen) atoms. The summed E-state index contributed by atoms with van der Waals surface area (Å²) >= 11 is 0. The van der Waals surface area contributed by atoms with Crippen LogP contribution in [0.1, 0.15) is 11.1 Å². The molecule has 5 heteroatoms. The molecular formula is C22H17NO4. The maximum atomic E-state index is 12.3. The van der Waals surface area contributed by atoms with E-state index in [0.717, 1.165) is 16.3 Å². The molecule has 0 radical (unpaired) electrons. The molecule has 0 aliphatic carbocycles. The Hall–Kier alpha value is -3.60. The van der Waals surface area contributed by atoms with Gasteiger partial charge in [0.15, 0.2) is 5.70 Å². The topological polar surface area (TPSA) is 57.1 Å². The van der Waals surface area contributed by atoms with Gasteiger partial charge in [0.1, 0.15) is 11.5 Å². The largest absolute Gasteiger partial charge is 0.497 e. The summed E-state index contributed by atoms with van der Waals surface area (Å²) in [7, 11) is 3.15. The first kappa shape index (κ1) is 16.8. The number of carbonyl (C=O) groups excluding carboxylic acids is 1. The summed E-state index contributed by atoms with van der Waals surface area (Å²) in [5.41, 5.74) is 1.65. The lowest BCUT2D eigenvalue weighted by molar-refractivity contribution is -0.129. The fourth-order valence-corrected chi connectivity index (χ4v) is 2.95. The highest BCUT2D eigenvalue weighted by Crippen LogP contribution is 2.28. The molecule has 0 unspecified atom stereocenters. The summed E-state index contributed by atoms with van der Waals surface area (Å²) in [6, 6.07) is 19.2. The first-order valence-corrected chi connectivity index (χ1v) is 8.42. The smallest absolute Gasteiger partial charge is 0.363 e.